The van der Waals surface area contributed by atoms with E-state index in [2.05, 4.69) is 10.3 Å². The summed E-state index contributed by atoms with van der Waals surface area (Å²) in [5, 5.41) is 5.78. The first-order valence-electron chi connectivity index (χ1n) is 10.5. The molecule has 2 aromatic rings. The second-order valence-corrected chi connectivity index (χ2v) is 8.42. The van der Waals surface area contributed by atoms with Crippen LogP contribution in [0.3, 0.4) is 0 Å². The number of hydrogen-bond acceptors (Lipinski definition) is 5. The van der Waals surface area contributed by atoms with Gasteiger partial charge in [-0.2, -0.15) is 0 Å². The van der Waals surface area contributed by atoms with Crippen molar-refractivity contribution in [2.75, 3.05) is 19.6 Å². The zero-order valence-corrected chi connectivity index (χ0v) is 18.2. The third kappa shape index (κ3) is 6.99. The van der Waals surface area contributed by atoms with Crippen LogP contribution in [0.25, 0.3) is 6.08 Å². The number of nitrogens with one attached hydrogen (secondary N) is 1. The van der Waals surface area contributed by atoms with Crippen LogP contribution in [0.4, 0.5) is 0 Å². The normalized spacial score (nSPS) is 14.5. The Morgan fingerprint density at radius 3 is 2.70 bits per heavy atom. The summed E-state index contributed by atoms with van der Waals surface area (Å²) in [5.41, 5.74) is 1.71. The number of para-hydroxylation sites is 1. The fourth-order valence-electron chi connectivity index (χ4n) is 3.37. The molecule has 1 aromatic carbocycles. The largest absolute Gasteiger partial charge is 0.487 e. The zero-order valence-electron chi connectivity index (χ0n) is 17.4. The zero-order chi connectivity index (χ0) is 21.2. The molecule has 0 atom stereocenters. The maximum atomic E-state index is 12.3. The Bertz CT molecular complexity index is 870. The van der Waals surface area contributed by atoms with Gasteiger partial charge in [-0.3, -0.25) is 9.59 Å². The Labute approximate surface area is 182 Å². The molecule has 1 N–H and O–H groups in total. The molecule has 2 amide bonds. The number of carbonyl (C=O) groups is 2. The van der Waals surface area contributed by atoms with Gasteiger partial charge in [-0.25, -0.2) is 4.98 Å². The Balaban J connectivity index is 1.45. The fraction of sp³-hybridized carbons (Fsp3) is 0.435. The van der Waals surface area contributed by atoms with Gasteiger partial charge in [0.15, 0.2) is 0 Å². The van der Waals surface area contributed by atoms with Gasteiger partial charge in [0.1, 0.15) is 12.4 Å². The van der Waals surface area contributed by atoms with E-state index in [-0.39, 0.29) is 11.8 Å². The molecule has 30 heavy (non-hydrogen) atoms. The number of carbonyl (C=O) groups excluding carboxylic acids is 2. The molecule has 0 saturated carbocycles. The van der Waals surface area contributed by atoms with Crippen LogP contribution >= 0.6 is 11.3 Å². The summed E-state index contributed by atoms with van der Waals surface area (Å²) in [6.07, 6.45) is 8.08. The highest BCUT2D eigenvalue weighted by atomic mass is 32.1. The van der Waals surface area contributed by atoms with Crippen LogP contribution in [0.2, 0.25) is 0 Å². The minimum absolute atomic E-state index is 0.122. The minimum Gasteiger partial charge on any atom is -0.487 e. The third-order valence-corrected chi connectivity index (χ3v) is 5.79. The van der Waals surface area contributed by atoms with E-state index in [1.165, 1.54) is 18.9 Å². The number of nitrogens with zero attached hydrogens (tertiary/aromatic N) is 2. The second-order valence-electron chi connectivity index (χ2n) is 7.35. The molecule has 1 aromatic heterocycles. The number of hydrogen-bond donors (Lipinski definition) is 1. The predicted molar refractivity (Wildman–Crippen MR) is 119 cm³/mol. The summed E-state index contributed by atoms with van der Waals surface area (Å²) in [6.45, 7) is 4.37. The number of rotatable bonds is 8. The summed E-state index contributed by atoms with van der Waals surface area (Å²) in [6, 6.07) is 7.57. The van der Waals surface area contributed by atoms with E-state index in [0.29, 0.717) is 25.3 Å². The molecule has 7 heteroatoms. The lowest BCUT2D eigenvalue weighted by Gasteiger charge is -2.20. The summed E-state index contributed by atoms with van der Waals surface area (Å²) in [7, 11) is 0. The van der Waals surface area contributed by atoms with Crippen LogP contribution in [0.5, 0.6) is 5.75 Å². The Hall–Kier alpha value is -2.67. The molecule has 6 nitrogen and oxygen atoms in total. The van der Waals surface area contributed by atoms with Gasteiger partial charge < -0.3 is 15.0 Å². The number of aromatic nitrogens is 1. The molecule has 1 saturated heterocycles. The van der Waals surface area contributed by atoms with Gasteiger partial charge in [0, 0.05) is 43.1 Å². The summed E-state index contributed by atoms with van der Waals surface area (Å²) < 4.78 is 5.87. The standard InChI is InChI=1S/C23H29N3O3S/c1-18-25-20(17-30-18)16-29-21-9-5-4-8-19(21)10-11-22(27)24-13-12-23(28)26-14-6-2-3-7-15-26/h4-5,8-11,17H,2-3,6-7,12-16H2,1H3,(H,24,27)/b11-10+. The van der Waals surface area contributed by atoms with Crippen molar-refractivity contribution in [3.8, 4) is 5.75 Å². The number of thiazole rings is 1. The maximum Gasteiger partial charge on any atom is 0.244 e. The molecular weight excluding hydrogens is 398 g/mol. The maximum absolute atomic E-state index is 12.3. The molecule has 160 valence electrons. The highest BCUT2D eigenvalue weighted by Crippen LogP contribution is 2.21. The summed E-state index contributed by atoms with van der Waals surface area (Å²) in [5.74, 6) is 0.601. The Morgan fingerprint density at radius 1 is 1.20 bits per heavy atom. The lowest BCUT2D eigenvalue weighted by molar-refractivity contribution is -0.131. The summed E-state index contributed by atoms with van der Waals surface area (Å²) >= 11 is 1.59. The van der Waals surface area contributed by atoms with Crippen molar-refractivity contribution in [1.29, 1.82) is 0 Å². The molecule has 2 heterocycles. The smallest absolute Gasteiger partial charge is 0.244 e. The van der Waals surface area contributed by atoms with Gasteiger partial charge in [0.25, 0.3) is 0 Å². The molecule has 1 aliphatic rings. The monoisotopic (exact) mass is 427 g/mol. The van der Waals surface area contributed by atoms with E-state index >= 15 is 0 Å². The average molecular weight is 428 g/mol. The highest BCUT2D eigenvalue weighted by molar-refractivity contribution is 7.09. The lowest BCUT2D eigenvalue weighted by Crippen LogP contribution is -2.34. The lowest BCUT2D eigenvalue weighted by atomic mass is 10.2. The molecule has 1 fully saturated rings. The van der Waals surface area contributed by atoms with E-state index in [1.807, 2.05) is 41.5 Å². The first-order valence-corrected chi connectivity index (χ1v) is 11.4. The number of likely N-dealkylation sites (tertiary alicyclic amines) is 1. The minimum atomic E-state index is -0.219. The van der Waals surface area contributed by atoms with Gasteiger partial charge in [-0.1, -0.05) is 31.0 Å². The van der Waals surface area contributed by atoms with Crippen LogP contribution in [0.1, 0.15) is 48.4 Å². The van der Waals surface area contributed by atoms with Crippen molar-refractivity contribution < 1.29 is 14.3 Å². The van der Waals surface area contributed by atoms with Crippen molar-refractivity contribution in [2.45, 2.75) is 45.6 Å². The molecule has 1 aliphatic heterocycles. The third-order valence-electron chi connectivity index (χ3n) is 4.97. The van der Waals surface area contributed by atoms with E-state index < -0.39 is 0 Å². The first kappa shape index (κ1) is 22.0. The number of benzene rings is 1. The SMILES string of the molecule is Cc1nc(COc2ccccc2/C=C/C(=O)NCCC(=O)N2CCCCCC2)cs1. The second kappa shape index (κ2) is 11.5. The van der Waals surface area contributed by atoms with Crippen LogP contribution < -0.4 is 10.1 Å². The number of amides is 2. The molecule has 0 unspecified atom stereocenters. The van der Waals surface area contributed by atoms with Gasteiger partial charge in [-0.15, -0.1) is 11.3 Å². The highest BCUT2D eigenvalue weighted by Gasteiger charge is 2.15. The van der Waals surface area contributed by atoms with Crippen molar-refractivity contribution in [3.05, 3.63) is 52.0 Å². The van der Waals surface area contributed by atoms with Crippen molar-refractivity contribution in [1.82, 2.24) is 15.2 Å². The van der Waals surface area contributed by atoms with Gasteiger partial charge in [0.2, 0.25) is 11.8 Å². The van der Waals surface area contributed by atoms with Gasteiger partial charge in [-0.05, 0) is 31.9 Å². The summed E-state index contributed by atoms with van der Waals surface area (Å²) in [4.78, 5) is 30.8. The number of ether oxygens (including phenoxy) is 1. The van der Waals surface area contributed by atoms with Crippen LogP contribution in [-0.4, -0.2) is 41.3 Å². The number of aryl methyl sites for hydroxylation is 1. The van der Waals surface area contributed by atoms with E-state index in [9.17, 15) is 9.59 Å². The van der Waals surface area contributed by atoms with Crippen LogP contribution in [-0.2, 0) is 16.2 Å². The molecule has 0 spiro atoms. The molecular formula is C23H29N3O3S. The topological polar surface area (TPSA) is 71.5 Å². The van der Waals surface area contributed by atoms with E-state index in [1.54, 1.807) is 17.4 Å². The van der Waals surface area contributed by atoms with E-state index in [0.717, 1.165) is 42.2 Å². The van der Waals surface area contributed by atoms with Crippen LogP contribution in [0.15, 0.2) is 35.7 Å². The fourth-order valence-corrected chi connectivity index (χ4v) is 3.97. The molecule has 0 bridgehead atoms. The molecule has 0 radical (unpaired) electrons. The molecule has 0 aliphatic carbocycles. The first-order chi connectivity index (χ1) is 14.6. The van der Waals surface area contributed by atoms with Gasteiger partial charge >= 0.3 is 0 Å². The Morgan fingerprint density at radius 2 is 1.97 bits per heavy atom. The quantitative estimate of drug-likeness (QED) is 0.648. The van der Waals surface area contributed by atoms with Crippen LogP contribution in [0, 0.1) is 6.92 Å². The van der Waals surface area contributed by atoms with Gasteiger partial charge in [0.05, 0.1) is 10.7 Å². The van der Waals surface area contributed by atoms with Crippen molar-refractivity contribution >= 4 is 29.2 Å². The Kier molecular flexibility index (Phi) is 8.44. The van der Waals surface area contributed by atoms with Crippen molar-refractivity contribution in [3.63, 3.8) is 0 Å². The average Bonchev–Trinajstić information content (AvgIpc) is 2.99. The predicted octanol–water partition coefficient (Wildman–Crippen LogP) is 3.95. The van der Waals surface area contributed by atoms with E-state index in [4.69, 9.17) is 4.74 Å². The van der Waals surface area contributed by atoms with Crippen molar-refractivity contribution in [2.24, 2.45) is 0 Å². The molecule has 3 rings (SSSR count).